The Labute approximate surface area is 481 Å². The van der Waals surface area contributed by atoms with E-state index < -0.39 is 166 Å². The Morgan fingerprint density at radius 1 is 0.744 bits per heavy atom. The second kappa shape index (κ2) is 33.8. The van der Waals surface area contributed by atoms with Gasteiger partial charge in [0.1, 0.15) is 42.4 Å². The quantitative estimate of drug-likeness (QED) is 0.0308. The van der Waals surface area contributed by atoms with Crippen LogP contribution < -0.4 is 43.1 Å². The van der Waals surface area contributed by atoms with Crippen molar-refractivity contribution in [2.75, 3.05) is 40.3 Å². The maximum absolute atomic E-state index is 14.7. The van der Waals surface area contributed by atoms with E-state index in [1.165, 1.54) is 37.6 Å². The lowest BCUT2D eigenvalue weighted by atomic mass is 9.80. The molecule has 0 spiro atoms. The molecule has 0 aromatic heterocycles. The van der Waals surface area contributed by atoms with Gasteiger partial charge < -0.3 is 87.7 Å². The van der Waals surface area contributed by atoms with Gasteiger partial charge in [0.25, 0.3) is 0 Å². The summed E-state index contributed by atoms with van der Waals surface area (Å²) in [5.74, 6) is -7.35. The summed E-state index contributed by atoms with van der Waals surface area (Å²) in [6.07, 6.45) is -5.55. The fourth-order valence-electron chi connectivity index (χ4n) is 10.8. The van der Waals surface area contributed by atoms with Crippen LogP contribution in [0.4, 0.5) is 0 Å². The first-order chi connectivity index (χ1) is 38.7. The molecule has 0 saturated carbocycles. The van der Waals surface area contributed by atoms with Gasteiger partial charge in [0.2, 0.25) is 47.3 Å². The number of primary amides is 1. The molecule has 0 aliphatic carbocycles. The maximum Gasteiger partial charge on any atom is 0.488 e. The summed E-state index contributed by atoms with van der Waals surface area (Å²) in [6, 6.07) is -5.80. The predicted molar refractivity (Wildman–Crippen MR) is 301 cm³/mol. The second-order valence-corrected chi connectivity index (χ2v) is 23.1. The van der Waals surface area contributed by atoms with Crippen molar-refractivity contribution in [2.45, 2.75) is 209 Å². The molecule has 1 aromatic rings. The molecule has 462 valence electrons. The van der Waals surface area contributed by atoms with E-state index in [-0.39, 0.29) is 37.0 Å². The third-order valence-electron chi connectivity index (χ3n) is 15.7. The number of amides is 8. The Bertz CT molecular complexity index is 2250. The summed E-state index contributed by atoms with van der Waals surface area (Å²) < 4.78 is 0. The van der Waals surface area contributed by atoms with Gasteiger partial charge in [-0.25, -0.2) is 0 Å². The van der Waals surface area contributed by atoms with E-state index in [0.29, 0.717) is 37.6 Å². The molecule has 82 heavy (non-hydrogen) atoms. The number of unbranched alkanes of at least 4 members (excludes halogenated alkanes) is 5. The van der Waals surface area contributed by atoms with Crippen molar-refractivity contribution in [3.8, 4) is 0 Å². The Kier molecular flexibility index (Phi) is 28.5. The van der Waals surface area contributed by atoms with Gasteiger partial charge in [-0.05, 0) is 82.7 Å². The number of nitrogens with two attached hydrogens (primary N) is 1. The number of nitrogens with zero attached hydrogens (tertiary/aromatic N) is 3. The summed E-state index contributed by atoms with van der Waals surface area (Å²) in [6.45, 7) is 7.70. The van der Waals surface area contributed by atoms with Crippen LogP contribution in [0.3, 0.4) is 0 Å². The zero-order valence-corrected chi connectivity index (χ0v) is 48.5. The third kappa shape index (κ3) is 21.4. The molecule has 26 nitrogen and oxygen atoms in total. The molecule has 4 rings (SSSR count). The number of hydrogen-bond donors (Lipinski definition) is 15. The monoisotopic (exact) mass is 1160 g/mol. The van der Waals surface area contributed by atoms with Crippen LogP contribution in [0.2, 0.25) is 0 Å². The number of carbonyl (C=O) groups is 8. The minimum Gasteiger partial charge on any atom is -0.423 e. The van der Waals surface area contributed by atoms with E-state index in [1.807, 2.05) is 19.0 Å². The Morgan fingerprint density at radius 3 is 1.99 bits per heavy atom. The number of rotatable bonds is 26. The third-order valence-corrected chi connectivity index (χ3v) is 15.7. The molecular formula is C55H93BN10O16. The van der Waals surface area contributed by atoms with E-state index >= 15 is 0 Å². The van der Waals surface area contributed by atoms with Crippen molar-refractivity contribution in [3.63, 3.8) is 0 Å². The van der Waals surface area contributed by atoms with Crippen molar-refractivity contribution in [2.24, 2.45) is 17.6 Å². The summed E-state index contributed by atoms with van der Waals surface area (Å²) in [7, 11) is 1.80. The van der Waals surface area contributed by atoms with Crippen LogP contribution in [0, 0.1) is 11.8 Å². The minimum atomic E-state index is -2.16. The number of nitrogens with one attached hydrogen (secondary N) is 6. The highest BCUT2D eigenvalue weighted by Gasteiger charge is 2.48. The maximum atomic E-state index is 14.7. The van der Waals surface area contributed by atoms with Crippen LogP contribution in [-0.4, -0.2) is 229 Å². The molecule has 1 aromatic carbocycles. The lowest BCUT2D eigenvalue weighted by molar-refractivity contribution is -0.148. The normalized spacial score (nSPS) is 27.2. The number of hydrogen-bond acceptors (Lipinski definition) is 18. The van der Waals surface area contributed by atoms with E-state index in [9.17, 15) is 79.0 Å². The van der Waals surface area contributed by atoms with Crippen molar-refractivity contribution in [3.05, 3.63) is 29.8 Å². The summed E-state index contributed by atoms with van der Waals surface area (Å²) in [4.78, 5) is 117. The fraction of sp³-hybridized carbons (Fsp3) is 0.745. The van der Waals surface area contributed by atoms with Gasteiger partial charge in [0.05, 0.1) is 43.0 Å². The fourth-order valence-corrected chi connectivity index (χ4v) is 10.8. The smallest absolute Gasteiger partial charge is 0.423 e. The Hall–Kier alpha value is -5.36. The van der Waals surface area contributed by atoms with E-state index in [0.717, 1.165) is 48.3 Å². The summed E-state index contributed by atoms with van der Waals surface area (Å²) >= 11 is 0. The van der Waals surface area contributed by atoms with Crippen molar-refractivity contribution >= 4 is 59.8 Å². The average molecular weight is 1160 g/mol. The molecule has 3 aliphatic rings. The van der Waals surface area contributed by atoms with Crippen LogP contribution in [0.15, 0.2) is 24.3 Å². The number of carbonyl (C=O) groups excluding carboxylic acids is 8. The van der Waals surface area contributed by atoms with Crippen LogP contribution in [0.25, 0.3) is 0 Å². The standard InChI is InChI=1S/C55H93BN10O16/c1-7-31(2)25-32(3)15-12-10-8-9-11-13-16-44(74)59-37-28-42(72)49(58-22-14-23-64(5)6)63-53(78)48-39(69)21-24-65(48)55(80)47(41(71)29-43(57)73)62-52(77)46(40(70)26-34-17-19-35(20-18-34)56(81)82)61-51(76)38-27-36(68)30-66(38)54(79)45(33(4)67)60-50(37)75/h17-20,31-33,36-42,45-49,58,67-72,81-82H,7-16,21-30H2,1-6H3,(H2,57,73)(H,59,74)(H,60,75)(H,61,76)(H,62,77)(H,63,78)/t31-,32+,33+,36+,37-,38-,39-,40+,41+,42+,45-,46-,47-,48-,49?/m0/s1. The van der Waals surface area contributed by atoms with E-state index in [2.05, 4.69) is 52.7 Å². The highest BCUT2D eigenvalue weighted by molar-refractivity contribution is 6.58. The number of aliphatic hydroxyl groups is 6. The first kappa shape index (κ1) is 69.1. The SMILES string of the molecule is CC[C@H](C)C[C@H](C)CCCCCCCCC(=O)N[C@H]1C[C@@H](O)C(NCCCN(C)C)NC(=O)[C@@H]2[C@@H](O)CCN2C(=O)[C@H]([C@H](O)CC(N)=O)NC(=O)[C@H]([C@H](O)Cc2ccc(B(O)O)cc2)NC(=O)[C@@H]2C[C@@H](O)CN2C(=O)[C@H]([C@@H](C)O)NC1=O. The molecular weight excluding hydrogens is 1070 g/mol. The van der Waals surface area contributed by atoms with Crippen LogP contribution in [0.1, 0.15) is 130 Å². The summed E-state index contributed by atoms with van der Waals surface area (Å²) in [5.41, 5.74) is 5.79. The molecule has 0 radical (unpaired) electrons. The lowest BCUT2D eigenvalue weighted by Crippen LogP contribution is -2.64. The molecule has 1 unspecified atom stereocenters. The van der Waals surface area contributed by atoms with Gasteiger partial charge in [-0.15, -0.1) is 0 Å². The Balaban J connectivity index is 1.76. The molecule has 0 bridgehead atoms. The van der Waals surface area contributed by atoms with Gasteiger partial charge in [-0.1, -0.05) is 90.0 Å². The molecule has 27 heteroatoms. The molecule has 16 N–H and O–H groups in total. The van der Waals surface area contributed by atoms with Gasteiger partial charge in [0, 0.05) is 38.8 Å². The van der Waals surface area contributed by atoms with Gasteiger partial charge in [-0.3, -0.25) is 43.7 Å². The first-order valence-corrected chi connectivity index (χ1v) is 29.0. The highest BCUT2D eigenvalue weighted by Crippen LogP contribution is 2.25. The zero-order valence-electron chi connectivity index (χ0n) is 48.5. The molecule has 3 aliphatic heterocycles. The van der Waals surface area contributed by atoms with Crippen LogP contribution in [0.5, 0.6) is 0 Å². The first-order valence-electron chi connectivity index (χ1n) is 29.0. The van der Waals surface area contributed by atoms with Crippen LogP contribution in [-0.2, 0) is 44.8 Å². The summed E-state index contributed by atoms with van der Waals surface area (Å²) in [5, 5.41) is 103. The highest BCUT2D eigenvalue weighted by atomic mass is 16.4. The number of aliphatic hydroxyl groups excluding tert-OH is 6. The molecule has 3 saturated heterocycles. The van der Waals surface area contributed by atoms with Gasteiger partial charge in [0.15, 0.2) is 0 Å². The Morgan fingerprint density at radius 2 is 1.37 bits per heavy atom. The predicted octanol–water partition coefficient (Wildman–Crippen LogP) is -4.31. The van der Waals surface area contributed by atoms with Gasteiger partial charge >= 0.3 is 7.12 Å². The number of fused-ring (bicyclic) bond motifs is 2. The molecule has 8 amide bonds. The number of benzene rings is 1. The average Bonchev–Trinajstić information content (AvgIpc) is 4.01. The second-order valence-electron chi connectivity index (χ2n) is 23.1. The minimum absolute atomic E-state index is 0.0261. The molecule has 15 atom stereocenters. The van der Waals surface area contributed by atoms with Gasteiger partial charge in [-0.2, -0.15) is 0 Å². The molecule has 3 fully saturated rings. The van der Waals surface area contributed by atoms with Crippen molar-refractivity contribution in [1.29, 1.82) is 0 Å². The molecule has 3 heterocycles. The van der Waals surface area contributed by atoms with Crippen LogP contribution >= 0.6 is 0 Å². The van der Waals surface area contributed by atoms with E-state index in [1.54, 1.807) is 0 Å². The lowest BCUT2D eigenvalue weighted by Gasteiger charge is -2.34. The topological polar surface area (TPSA) is 406 Å². The van der Waals surface area contributed by atoms with Crippen molar-refractivity contribution < 1.29 is 79.0 Å². The largest absolute Gasteiger partial charge is 0.488 e. The van der Waals surface area contributed by atoms with E-state index in [4.69, 9.17) is 5.73 Å². The van der Waals surface area contributed by atoms with Crippen molar-refractivity contribution in [1.82, 2.24) is 46.6 Å². The zero-order chi connectivity index (χ0) is 61.0.